The molecule has 0 saturated carbocycles. The van der Waals surface area contributed by atoms with Crippen LogP contribution in [0.1, 0.15) is 29.6 Å². The molecule has 1 aromatic rings. The van der Waals surface area contributed by atoms with Gasteiger partial charge in [0.15, 0.2) is 5.75 Å². The van der Waals surface area contributed by atoms with Crippen LogP contribution in [0.3, 0.4) is 0 Å². The predicted octanol–water partition coefficient (Wildman–Crippen LogP) is 2.00. The molecule has 0 radical (unpaired) electrons. The fourth-order valence-corrected chi connectivity index (χ4v) is 2.10. The first-order valence-corrected chi connectivity index (χ1v) is 6.43. The van der Waals surface area contributed by atoms with E-state index in [1.165, 1.54) is 7.11 Å². The Balaban J connectivity index is 2.07. The largest absolute Gasteiger partial charge is 0.488 e. The average Bonchev–Trinajstić information content (AvgIpc) is 2.46. The highest BCUT2D eigenvalue weighted by atomic mass is 16.5. The van der Waals surface area contributed by atoms with E-state index in [9.17, 15) is 4.79 Å². The first kappa shape index (κ1) is 13.7. The molecule has 0 aliphatic carbocycles. The maximum atomic E-state index is 11.6. The number of nitrogens with two attached hydrogens (primary N) is 1. The van der Waals surface area contributed by atoms with Gasteiger partial charge in [0.05, 0.1) is 18.9 Å². The Labute approximate surface area is 112 Å². The van der Waals surface area contributed by atoms with E-state index in [0.717, 1.165) is 25.9 Å². The predicted molar refractivity (Wildman–Crippen MR) is 71.3 cm³/mol. The molecule has 0 bridgehead atoms. The molecule has 2 rings (SSSR count). The highest BCUT2D eigenvalue weighted by Gasteiger charge is 2.19. The van der Waals surface area contributed by atoms with E-state index >= 15 is 0 Å². The summed E-state index contributed by atoms with van der Waals surface area (Å²) in [7, 11) is 1.33. The van der Waals surface area contributed by atoms with Crippen molar-refractivity contribution in [3.8, 4) is 5.75 Å². The Hall–Kier alpha value is -1.75. The Bertz CT molecular complexity index is 441. The lowest BCUT2D eigenvalue weighted by Gasteiger charge is -2.23. The summed E-state index contributed by atoms with van der Waals surface area (Å²) in [6.45, 7) is 1.17. The first-order valence-electron chi connectivity index (χ1n) is 6.43. The summed E-state index contributed by atoms with van der Waals surface area (Å²) in [5.74, 6) is -0.0737. The number of esters is 1. The number of methoxy groups -OCH3 is 1. The summed E-state index contributed by atoms with van der Waals surface area (Å²) in [5.41, 5.74) is 6.63. The van der Waals surface area contributed by atoms with Gasteiger partial charge in [-0.3, -0.25) is 0 Å². The molecule has 104 valence electrons. The van der Waals surface area contributed by atoms with Crippen LogP contribution in [0.2, 0.25) is 0 Å². The zero-order valence-corrected chi connectivity index (χ0v) is 11.1. The third-order valence-corrected chi connectivity index (χ3v) is 3.14. The van der Waals surface area contributed by atoms with E-state index in [1.54, 1.807) is 18.2 Å². The number of rotatable bonds is 4. The minimum absolute atomic E-state index is 0.0684. The molecule has 1 heterocycles. The molecule has 1 unspecified atom stereocenters. The second-order valence-electron chi connectivity index (χ2n) is 4.52. The molecule has 0 aromatic heterocycles. The van der Waals surface area contributed by atoms with E-state index in [1.807, 2.05) is 0 Å². The van der Waals surface area contributed by atoms with Gasteiger partial charge in [-0.25, -0.2) is 4.79 Å². The lowest BCUT2D eigenvalue weighted by molar-refractivity contribution is -0.0112. The smallest absolute Gasteiger partial charge is 0.341 e. The van der Waals surface area contributed by atoms with E-state index < -0.39 is 5.97 Å². The molecule has 5 nitrogen and oxygen atoms in total. The van der Waals surface area contributed by atoms with Crippen LogP contribution in [0.15, 0.2) is 18.2 Å². The van der Waals surface area contributed by atoms with Gasteiger partial charge in [0.25, 0.3) is 0 Å². The van der Waals surface area contributed by atoms with Gasteiger partial charge in [0.2, 0.25) is 0 Å². The third-order valence-electron chi connectivity index (χ3n) is 3.14. The van der Waals surface area contributed by atoms with Crippen molar-refractivity contribution in [1.29, 1.82) is 0 Å². The van der Waals surface area contributed by atoms with Crippen LogP contribution < -0.4 is 10.5 Å². The lowest BCUT2D eigenvalue weighted by Crippen LogP contribution is -2.26. The average molecular weight is 265 g/mol. The molecule has 19 heavy (non-hydrogen) atoms. The molecule has 0 spiro atoms. The number of anilines is 1. The van der Waals surface area contributed by atoms with Crippen LogP contribution in [0.5, 0.6) is 5.75 Å². The fraction of sp³-hybridized carbons (Fsp3) is 0.500. The van der Waals surface area contributed by atoms with Crippen molar-refractivity contribution in [2.45, 2.75) is 25.4 Å². The SMILES string of the molecule is COC(=O)c1cccc(N)c1OCC1CCCCO1. The van der Waals surface area contributed by atoms with Gasteiger partial charge < -0.3 is 19.9 Å². The molecule has 1 aromatic carbocycles. The summed E-state index contributed by atoms with van der Waals surface area (Å²) in [4.78, 5) is 11.6. The fourth-order valence-electron chi connectivity index (χ4n) is 2.10. The van der Waals surface area contributed by atoms with Gasteiger partial charge in [0, 0.05) is 6.61 Å². The molecule has 1 aliphatic rings. The van der Waals surface area contributed by atoms with Crippen molar-refractivity contribution in [3.05, 3.63) is 23.8 Å². The summed E-state index contributed by atoms with van der Waals surface area (Å²) < 4.78 is 16.0. The molecular weight excluding hydrogens is 246 g/mol. The van der Waals surface area contributed by atoms with Crippen molar-refractivity contribution in [1.82, 2.24) is 0 Å². The maximum Gasteiger partial charge on any atom is 0.341 e. The van der Waals surface area contributed by atoms with Crippen molar-refractivity contribution >= 4 is 11.7 Å². The zero-order chi connectivity index (χ0) is 13.7. The summed E-state index contributed by atoms with van der Waals surface area (Å²) in [6, 6.07) is 5.04. The molecule has 2 N–H and O–H groups in total. The zero-order valence-electron chi connectivity index (χ0n) is 11.1. The Kier molecular flexibility index (Phi) is 4.63. The van der Waals surface area contributed by atoms with Crippen molar-refractivity contribution < 1.29 is 19.0 Å². The van der Waals surface area contributed by atoms with E-state index in [4.69, 9.17) is 19.9 Å². The second kappa shape index (κ2) is 6.43. The monoisotopic (exact) mass is 265 g/mol. The molecule has 1 atom stereocenters. The topological polar surface area (TPSA) is 70.8 Å². The van der Waals surface area contributed by atoms with Crippen LogP contribution >= 0.6 is 0 Å². The highest BCUT2D eigenvalue weighted by molar-refractivity contribution is 5.94. The van der Waals surface area contributed by atoms with E-state index in [0.29, 0.717) is 23.6 Å². The van der Waals surface area contributed by atoms with Gasteiger partial charge in [-0.2, -0.15) is 0 Å². The molecule has 1 aliphatic heterocycles. The third kappa shape index (κ3) is 3.38. The van der Waals surface area contributed by atoms with Crippen molar-refractivity contribution in [2.75, 3.05) is 26.1 Å². The van der Waals surface area contributed by atoms with Crippen molar-refractivity contribution in [3.63, 3.8) is 0 Å². The summed E-state index contributed by atoms with van der Waals surface area (Å²) in [6.07, 6.45) is 3.28. The Morgan fingerprint density at radius 2 is 2.32 bits per heavy atom. The highest BCUT2D eigenvalue weighted by Crippen LogP contribution is 2.27. The number of hydrogen-bond donors (Lipinski definition) is 1. The number of ether oxygens (including phenoxy) is 3. The number of benzene rings is 1. The summed E-state index contributed by atoms with van der Waals surface area (Å²) >= 11 is 0. The van der Waals surface area contributed by atoms with Crippen LogP contribution in [-0.4, -0.2) is 32.4 Å². The van der Waals surface area contributed by atoms with Crippen LogP contribution in [0.25, 0.3) is 0 Å². The molecule has 5 heteroatoms. The van der Waals surface area contributed by atoms with Gasteiger partial charge in [-0.05, 0) is 31.4 Å². The number of nitrogen functional groups attached to an aromatic ring is 1. The van der Waals surface area contributed by atoms with E-state index in [-0.39, 0.29) is 6.10 Å². The minimum Gasteiger partial charge on any atom is -0.488 e. The van der Waals surface area contributed by atoms with Gasteiger partial charge >= 0.3 is 5.97 Å². The summed E-state index contributed by atoms with van der Waals surface area (Å²) in [5, 5.41) is 0. The molecule has 1 fully saturated rings. The maximum absolute atomic E-state index is 11.6. The van der Waals surface area contributed by atoms with Crippen LogP contribution in [0.4, 0.5) is 5.69 Å². The second-order valence-corrected chi connectivity index (χ2v) is 4.52. The van der Waals surface area contributed by atoms with Crippen molar-refractivity contribution in [2.24, 2.45) is 0 Å². The number of hydrogen-bond acceptors (Lipinski definition) is 5. The first-order chi connectivity index (χ1) is 9.22. The number of carbonyl (C=O) groups is 1. The molecular formula is C14H19NO4. The Morgan fingerprint density at radius 3 is 3.00 bits per heavy atom. The standard InChI is InChI=1S/C14H19NO4/c1-17-14(16)11-6-4-7-12(15)13(11)19-9-10-5-2-3-8-18-10/h4,6-7,10H,2-3,5,8-9,15H2,1H3. The van der Waals surface area contributed by atoms with Gasteiger partial charge in [-0.1, -0.05) is 6.07 Å². The van der Waals surface area contributed by atoms with E-state index in [2.05, 4.69) is 0 Å². The number of para-hydroxylation sites is 1. The van der Waals surface area contributed by atoms with Crippen LogP contribution in [-0.2, 0) is 9.47 Å². The minimum atomic E-state index is -0.452. The number of carbonyl (C=O) groups excluding carboxylic acids is 1. The van der Waals surface area contributed by atoms with Crippen LogP contribution in [0, 0.1) is 0 Å². The normalized spacial score (nSPS) is 18.9. The van der Waals surface area contributed by atoms with Gasteiger partial charge in [-0.15, -0.1) is 0 Å². The lowest BCUT2D eigenvalue weighted by atomic mass is 10.1. The molecule has 1 saturated heterocycles. The quantitative estimate of drug-likeness (QED) is 0.666. The molecule has 0 amide bonds. The van der Waals surface area contributed by atoms with Gasteiger partial charge in [0.1, 0.15) is 12.2 Å². The Morgan fingerprint density at radius 1 is 1.47 bits per heavy atom.